The molecule has 1 saturated heterocycles. The van der Waals surface area contributed by atoms with Crippen LogP contribution in [0.25, 0.3) is 0 Å². The minimum atomic E-state index is -4.23. The zero-order chi connectivity index (χ0) is 14.6. The third-order valence-corrected chi connectivity index (χ3v) is 3.44. The maximum absolute atomic E-state index is 13.8. The van der Waals surface area contributed by atoms with E-state index < -0.39 is 24.6 Å². The Bertz CT molecular complexity index is 440. The number of nitrogens with one attached hydrogen (secondary N) is 1. The van der Waals surface area contributed by atoms with Gasteiger partial charge in [0.05, 0.1) is 0 Å². The van der Waals surface area contributed by atoms with Crippen LogP contribution >= 0.6 is 24.8 Å². The standard InChI is InChI=1S/C13H17F4N3.2ClH/c14-12-10(2-1-5-19-12)11(3-4-13(15,16)17)20-8-6-18-7-9-20;;/h1-2,5,11,18H,3-4,6-9H2;2*1H/t11-;;/m0../s1. The number of nitrogens with zero attached hydrogens (tertiary/aromatic N) is 2. The quantitative estimate of drug-likeness (QED) is 0.656. The molecule has 1 fully saturated rings. The van der Waals surface area contributed by atoms with Gasteiger partial charge in [-0.2, -0.15) is 17.6 Å². The Morgan fingerprint density at radius 2 is 1.86 bits per heavy atom. The molecule has 1 N–H and O–H groups in total. The Morgan fingerprint density at radius 3 is 2.41 bits per heavy atom. The van der Waals surface area contributed by atoms with Gasteiger partial charge in [-0.15, -0.1) is 24.8 Å². The predicted molar refractivity (Wildman–Crippen MR) is 81.2 cm³/mol. The van der Waals surface area contributed by atoms with Crippen LogP contribution in [0.15, 0.2) is 18.3 Å². The topological polar surface area (TPSA) is 28.2 Å². The number of alkyl halides is 3. The molecule has 1 aliphatic heterocycles. The smallest absolute Gasteiger partial charge is 0.314 e. The molecule has 0 amide bonds. The van der Waals surface area contributed by atoms with Crippen molar-refractivity contribution in [2.45, 2.75) is 25.1 Å². The number of rotatable bonds is 4. The molecular weight excluding hydrogens is 345 g/mol. The lowest BCUT2D eigenvalue weighted by molar-refractivity contribution is -0.138. The minimum absolute atomic E-state index is 0. The fourth-order valence-electron chi connectivity index (χ4n) is 2.48. The highest BCUT2D eigenvalue weighted by Crippen LogP contribution is 2.32. The van der Waals surface area contributed by atoms with Gasteiger partial charge in [0.2, 0.25) is 5.95 Å². The summed E-state index contributed by atoms with van der Waals surface area (Å²) in [6, 6.07) is 2.50. The molecule has 1 aromatic rings. The normalized spacial score (nSPS) is 17.3. The molecule has 2 rings (SSSR count). The van der Waals surface area contributed by atoms with Crippen molar-refractivity contribution < 1.29 is 17.6 Å². The number of hydrogen-bond acceptors (Lipinski definition) is 3. The molecular formula is C13H19Cl2F4N3. The molecule has 0 radical (unpaired) electrons. The summed E-state index contributed by atoms with van der Waals surface area (Å²) in [6.45, 7) is 2.61. The average molecular weight is 364 g/mol. The predicted octanol–water partition coefficient (Wildman–Crippen LogP) is 3.35. The Balaban J connectivity index is 0.00000220. The maximum atomic E-state index is 13.8. The van der Waals surface area contributed by atoms with Crippen molar-refractivity contribution in [3.63, 3.8) is 0 Å². The van der Waals surface area contributed by atoms with Crippen molar-refractivity contribution in [2.24, 2.45) is 0 Å². The first-order valence-electron chi connectivity index (χ1n) is 6.59. The summed E-state index contributed by atoms with van der Waals surface area (Å²) in [5, 5.41) is 3.13. The van der Waals surface area contributed by atoms with Crippen molar-refractivity contribution in [3.05, 3.63) is 29.8 Å². The lowest BCUT2D eigenvalue weighted by atomic mass is 10.0. The molecule has 1 atom stereocenters. The van der Waals surface area contributed by atoms with E-state index in [1.807, 2.05) is 4.90 Å². The van der Waals surface area contributed by atoms with Crippen LogP contribution in [0.2, 0.25) is 0 Å². The molecule has 128 valence electrons. The minimum Gasteiger partial charge on any atom is -0.314 e. The first-order chi connectivity index (χ1) is 9.47. The second-order valence-corrected chi connectivity index (χ2v) is 4.84. The Hall–Kier alpha value is -0.630. The lowest BCUT2D eigenvalue weighted by Gasteiger charge is -2.35. The summed E-state index contributed by atoms with van der Waals surface area (Å²) < 4.78 is 51.2. The molecule has 0 aliphatic carbocycles. The molecule has 0 bridgehead atoms. The van der Waals surface area contributed by atoms with Gasteiger partial charge >= 0.3 is 6.18 Å². The summed E-state index contributed by atoms with van der Waals surface area (Å²) in [7, 11) is 0. The number of aromatic nitrogens is 1. The van der Waals surface area contributed by atoms with Gasteiger partial charge in [0.1, 0.15) is 0 Å². The van der Waals surface area contributed by atoms with Crippen molar-refractivity contribution in [1.29, 1.82) is 0 Å². The van der Waals surface area contributed by atoms with Crippen LogP contribution in [-0.4, -0.2) is 42.2 Å². The van der Waals surface area contributed by atoms with Gasteiger partial charge in [-0.3, -0.25) is 4.90 Å². The van der Waals surface area contributed by atoms with Crippen LogP contribution in [0.4, 0.5) is 17.6 Å². The van der Waals surface area contributed by atoms with Gasteiger partial charge in [-0.05, 0) is 12.5 Å². The van der Waals surface area contributed by atoms with Crippen LogP contribution in [-0.2, 0) is 0 Å². The molecule has 0 saturated carbocycles. The summed E-state index contributed by atoms with van der Waals surface area (Å²) in [6.07, 6.45) is -4.00. The molecule has 0 aromatic carbocycles. The van der Waals surface area contributed by atoms with Gasteiger partial charge in [0.25, 0.3) is 0 Å². The first kappa shape index (κ1) is 21.4. The van der Waals surface area contributed by atoms with Crippen LogP contribution in [0.3, 0.4) is 0 Å². The van der Waals surface area contributed by atoms with E-state index in [1.165, 1.54) is 12.3 Å². The second-order valence-electron chi connectivity index (χ2n) is 4.84. The summed E-state index contributed by atoms with van der Waals surface area (Å²) in [4.78, 5) is 5.44. The van der Waals surface area contributed by atoms with Crippen molar-refractivity contribution in [2.75, 3.05) is 26.2 Å². The van der Waals surface area contributed by atoms with E-state index in [-0.39, 0.29) is 36.8 Å². The number of hydrogen-bond donors (Lipinski definition) is 1. The van der Waals surface area contributed by atoms with Gasteiger partial charge in [-0.1, -0.05) is 6.07 Å². The lowest BCUT2D eigenvalue weighted by Crippen LogP contribution is -2.45. The van der Waals surface area contributed by atoms with Crippen LogP contribution < -0.4 is 5.32 Å². The molecule has 1 aromatic heterocycles. The fourth-order valence-corrected chi connectivity index (χ4v) is 2.48. The third kappa shape index (κ3) is 6.24. The summed E-state index contributed by atoms with van der Waals surface area (Å²) in [5.74, 6) is -0.682. The number of pyridine rings is 1. The SMILES string of the molecule is Cl.Cl.Fc1ncccc1[C@H](CCC(F)(F)F)N1CCNCC1. The number of halogens is 6. The molecule has 9 heteroatoms. The summed E-state index contributed by atoms with van der Waals surface area (Å²) >= 11 is 0. The largest absolute Gasteiger partial charge is 0.389 e. The zero-order valence-corrected chi connectivity index (χ0v) is 13.4. The first-order valence-corrected chi connectivity index (χ1v) is 6.59. The Labute approximate surface area is 139 Å². The Morgan fingerprint density at radius 1 is 1.23 bits per heavy atom. The fraction of sp³-hybridized carbons (Fsp3) is 0.615. The van der Waals surface area contributed by atoms with Gasteiger partial charge < -0.3 is 5.32 Å². The molecule has 0 spiro atoms. The van der Waals surface area contributed by atoms with Gasteiger partial charge in [-0.25, -0.2) is 4.98 Å². The Kier molecular flexibility index (Phi) is 9.22. The maximum Gasteiger partial charge on any atom is 0.389 e. The van der Waals surface area contributed by atoms with E-state index in [4.69, 9.17) is 0 Å². The van der Waals surface area contributed by atoms with E-state index in [1.54, 1.807) is 6.07 Å². The monoisotopic (exact) mass is 363 g/mol. The third-order valence-electron chi connectivity index (χ3n) is 3.44. The van der Waals surface area contributed by atoms with Crippen molar-refractivity contribution in [3.8, 4) is 0 Å². The molecule has 0 unspecified atom stereocenters. The molecule has 2 heterocycles. The van der Waals surface area contributed by atoms with Crippen LogP contribution in [0, 0.1) is 5.95 Å². The van der Waals surface area contributed by atoms with Gasteiger partial charge in [0.15, 0.2) is 0 Å². The highest BCUT2D eigenvalue weighted by molar-refractivity contribution is 5.85. The summed E-state index contributed by atoms with van der Waals surface area (Å²) in [5.41, 5.74) is 0.249. The van der Waals surface area contributed by atoms with Crippen LogP contribution in [0.1, 0.15) is 24.4 Å². The van der Waals surface area contributed by atoms with Crippen molar-refractivity contribution in [1.82, 2.24) is 15.2 Å². The highest BCUT2D eigenvalue weighted by Gasteiger charge is 2.32. The van der Waals surface area contributed by atoms with E-state index in [0.717, 1.165) is 0 Å². The highest BCUT2D eigenvalue weighted by atomic mass is 35.5. The van der Waals surface area contributed by atoms with Crippen molar-refractivity contribution >= 4 is 24.8 Å². The van der Waals surface area contributed by atoms with Crippen LogP contribution in [0.5, 0.6) is 0 Å². The zero-order valence-electron chi connectivity index (χ0n) is 11.8. The van der Waals surface area contributed by atoms with E-state index >= 15 is 0 Å². The van der Waals surface area contributed by atoms with Gasteiger partial charge in [0, 0.05) is 50.4 Å². The van der Waals surface area contributed by atoms with E-state index in [2.05, 4.69) is 10.3 Å². The average Bonchev–Trinajstić information content (AvgIpc) is 2.41. The molecule has 22 heavy (non-hydrogen) atoms. The van der Waals surface area contributed by atoms with E-state index in [0.29, 0.717) is 26.2 Å². The van der Waals surface area contributed by atoms with E-state index in [9.17, 15) is 17.6 Å². The second kappa shape index (κ2) is 9.50. The molecule has 1 aliphatic rings. The number of piperazine rings is 1. The molecule has 3 nitrogen and oxygen atoms in total.